The number of hydrogen-bond acceptors (Lipinski definition) is 5. The van der Waals surface area contributed by atoms with Gasteiger partial charge >= 0.3 is 16.8 Å². The van der Waals surface area contributed by atoms with Crippen molar-refractivity contribution in [2.75, 3.05) is 0 Å². The summed E-state index contributed by atoms with van der Waals surface area (Å²) in [5.41, 5.74) is 0.785. The smallest absolute Gasteiger partial charge is 0.143 e. The Labute approximate surface area is 184 Å². The van der Waals surface area contributed by atoms with E-state index in [1.54, 1.807) is 22.7 Å². The van der Waals surface area contributed by atoms with Gasteiger partial charge in [-0.15, -0.1) is 45.3 Å². The zero-order chi connectivity index (χ0) is 20.0. The van der Waals surface area contributed by atoms with Gasteiger partial charge in [-0.05, 0) is 44.7 Å². The van der Waals surface area contributed by atoms with Crippen LogP contribution in [0.15, 0.2) is 58.3 Å². The lowest BCUT2D eigenvalue weighted by Gasteiger charge is -2.13. The van der Waals surface area contributed by atoms with Crippen molar-refractivity contribution < 1.29 is 13.6 Å². The second-order valence-corrected chi connectivity index (χ2v) is 10.9. The molecular weight excluding hydrogens is 463 g/mol. The third-order valence-electron chi connectivity index (χ3n) is 5.14. The third-order valence-corrected chi connectivity index (χ3v) is 9.57. The highest BCUT2D eigenvalue weighted by Gasteiger charge is 2.58. The summed E-state index contributed by atoms with van der Waals surface area (Å²) in [6, 6.07) is 12.0. The molecule has 30 heavy (non-hydrogen) atoms. The van der Waals surface area contributed by atoms with E-state index in [4.69, 9.17) is 4.99 Å². The maximum atomic E-state index is 15.4. The fraction of sp³-hybridized carbons (Fsp3) is 0. The predicted octanol–water partition coefficient (Wildman–Crippen LogP) is 6.88. The third kappa shape index (κ3) is 2.20. The van der Waals surface area contributed by atoms with E-state index in [0.29, 0.717) is 11.7 Å². The molecule has 7 heterocycles. The van der Waals surface area contributed by atoms with Crippen LogP contribution in [0.5, 0.6) is 0 Å². The normalized spacial score (nSPS) is 16.3. The van der Waals surface area contributed by atoms with Crippen molar-refractivity contribution in [3.8, 4) is 19.5 Å². The fourth-order valence-corrected chi connectivity index (χ4v) is 7.68. The van der Waals surface area contributed by atoms with E-state index in [9.17, 15) is 0 Å². The number of amidine groups is 1. The molecule has 7 rings (SSSR count). The standard InChI is InChI=1S/C20H10F2N4S4/c21-26(22)24-9-11-7-15(13-3-1-5-27-13)29-17(11)19(24)23-20-18-12(10-25(20)26)8-16(30-18)14-4-2-6-28-14/h1-10H/q+2. The van der Waals surface area contributed by atoms with Crippen molar-refractivity contribution in [1.29, 1.82) is 0 Å². The van der Waals surface area contributed by atoms with Crippen LogP contribution in [0.3, 0.4) is 0 Å². The first-order valence-electron chi connectivity index (χ1n) is 8.99. The van der Waals surface area contributed by atoms with Crippen molar-refractivity contribution in [3.63, 3.8) is 0 Å². The molecule has 2 aliphatic rings. The summed E-state index contributed by atoms with van der Waals surface area (Å²) < 4.78 is 33.4. The van der Waals surface area contributed by atoms with E-state index in [2.05, 4.69) is 0 Å². The van der Waals surface area contributed by atoms with Crippen molar-refractivity contribution in [2.45, 2.75) is 0 Å². The zero-order valence-corrected chi connectivity index (χ0v) is 18.2. The maximum absolute atomic E-state index is 15.4. The lowest BCUT2D eigenvalue weighted by Crippen LogP contribution is -2.54. The molecule has 0 unspecified atom stereocenters. The Hall–Kier alpha value is -2.50. The summed E-state index contributed by atoms with van der Waals surface area (Å²) in [5.74, 6) is 0.614. The molecule has 146 valence electrons. The molecule has 10 heteroatoms. The van der Waals surface area contributed by atoms with Crippen LogP contribution < -0.4 is 5.15 Å². The summed E-state index contributed by atoms with van der Waals surface area (Å²) in [5, 5.41) is 2.41. The average molecular weight is 473 g/mol. The largest absolute Gasteiger partial charge is 0.403 e. The van der Waals surface area contributed by atoms with Crippen molar-refractivity contribution in [1.82, 2.24) is 9.82 Å². The summed E-state index contributed by atoms with van der Waals surface area (Å²) in [7, 11) is 0. The van der Waals surface area contributed by atoms with Gasteiger partial charge in [0, 0.05) is 35.1 Å². The van der Waals surface area contributed by atoms with E-state index >= 15 is 8.96 Å². The minimum Gasteiger partial charge on any atom is -0.143 e. The Kier molecular flexibility index (Phi) is 3.33. The Morgan fingerprint density at radius 1 is 0.933 bits per heavy atom. The van der Waals surface area contributed by atoms with Crippen LogP contribution in [0.25, 0.3) is 29.6 Å². The van der Waals surface area contributed by atoms with E-state index in [0.717, 1.165) is 49.4 Å². The van der Waals surface area contributed by atoms with Crippen LogP contribution in [0.2, 0.25) is 0 Å². The fourth-order valence-electron chi connectivity index (χ4n) is 3.80. The number of aliphatic imine (C=N–C) groups is 1. The maximum Gasteiger partial charge on any atom is 0.403 e. The molecule has 0 N–H and O–H groups in total. The van der Waals surface area contributed by atoms with E-state index in [1.807, 2.05) is 47.2 Å². The predicted molar refractivity (Wildman–Crippen MR) is 122 cm³/mol. The van der Waals surface area contributed by atoms with Gasteiger partial charge in [0.2, 0.25) is 0 Å². The monoisotopic (exact) mass is 472 g/mol. The average Bonchev–Trinajstić information content (AvgIpc) is 3.50. The zero-order valence-electron chi connectivity index (χ0n) is 15.0. The topological polar surface area (TPSA) is 20.3 Å². The first-order chi connectivity index (χ1) is 14.6. The number of nitrogens with zero attached hydrogens (tertiary/aromatic N) is 4. The number of hydrogen-bond donors (Lipinski definition) is 0. The van der Waals surface area contributed by atoms with Crippen molar-refractivity contribution >= 4 is 73.3 Å². The molecule has 0 atom stereocenters. The lowest BCUT2D eigenvalue weighted by atomic mass is 10.2. The van der Waals surface area contributed by atoms with Gasteiger partial charge in [0.15, 0.2) is 6.21 Å². The molecule has 5 aromatic heterocycles. The number of thiophene rings is 4. The van der Waals surface area contributed by atoms with Gasteiger partial charge in [-0.2, -0.15) is 0 Å². The molecular formula is C20H10F2N4S4+2. The summed E-state index contributed by atoms with van der Waals surface area (Å²) in [6.45, 7) is 0. The Bertz CT molecular complexity index is 1510. The highest BCUT2D eigenvalue weighted by Crippen LogP contribution is 2.46. The van der Waals surface area contributed by atoms with Crippen LogP contribution in [0, 0.1) is 0 Å². The van der Waals surface area contributed by atoms with Gasteiger partial charge in [0.1, 0.15) is 18.5 Å². The lowest BCUT2D eigenvalue weighted by molar-refractivity contribution is -0.733. The summed E-state index contributed by atoms with van der Waals surface area (Å²) in [4.78, 5) is 9.93. The van der Waals surface area contributed by atoms with Gasteiger partial charge in [0.05, 0.1) is 6.20 Å². The quantitative estimate of drug-likeness (QED) is 0.197. The number of aromatic nitrogens is 1. The van der Waals surface area contributed by atoms with Gasteiger partial charge in [0.25, 0.3) is 0 Å². The van der Waals surface area contributed by atoms with E-state index < -0.39 is 5.15 Å². The molecule has 0 bridgehead atoms. The van der Waals surface area contributed by atoms with Gasteiger partial charge in [-0.1, -0.05) is 12.1 Å². The van der Waals surface area contributed by atoms with Crippen molar-refractivity contribution in [2.24, 2.45) is 4.99 Å². The molecule has 0 fully saturated rings. The number of halogens is 2. The van der Waals surface area contributed by atoms with Crippen LogP contribution in [-0.4, -0.2) is 21.4 Å². The number of rotatable bonds is 2. The molecule has 0 spiro atoms. The molecule has 0 saturated heterocycles. The Balaban J connectivity index is 1.43. The van der Waals surface area contributed by atoms with Crippen LogP contribution in [0.4, 0.5) is 14.8 Å². The minimum atomic E-state index is -2.42. The summed E-state index contributed by atoms with van der Waals surface area (Å²) >= 11 is 6.31. The first-order valence-corrected chi connectivity index (χ1v) is 12.4. The van der Waals surface area contributed by atoms with E-state index in [-0.39, 0.29) is 0 Å². The van der Waals surface area contributed by atoms with Crippen LogP contribution in [-0.2, 0) is 0 Å². The van der Waals surface area contributed by atoms with Gasteiger partial charge < -0.3 is 0 Å². The highest BCUT2D eigenvalue weighted by molar-refractivity contribution is 7.26. The molecule has 2 aliphatic heterocycles. The second kappa shape index (κ2) is 5.80. The Morgan fingerprint density at radius 2 is 1.67 bits per heavy atom. The van der Waals surface area contributed by atoms with Gasteiger partial charge in [-0.25, -0.2) is 0 Å². The number of quaternary nitrogens is 1. The molecule has 5 aromatic rings. The summed E-state index contributed by atoms with van der Waals surface area (Å²) in [6.07, 6.45) is 2.99. The molecule has 4 nitrogen and oxygen atoms in total. The highest BCUT2D eigenvalue weighted by atomic mass is 32.1. The van der Waals surface area contributed by atoms with Gasteiger partial charge in [-0.3, -0.25) is 0 Å². The SMILES string of the molecule is F[N+]1(F)n2cc3cc(-c4cccs4)sc3c2N=C2c3sc(-c4cccs4)cc3C=[N+]21. The van der Waals surface area contributed by atoms with Crippen LogP contribution >= 0.6 is 45.3 Å². The molecule has 0 aromatic carbocycles. The second-order valence-electron chi connectivity index (χ2n) is 6.91. The number of fused-ring (bicyclic) bond motifs is 6. The first kappa shape index (κ1) is 17.2. The molecule has 0 saturated carbocycles. The van der Waals surface area contributed by atoms with Crippen molar-refractivity contribution in [3.05, 3.63) is 63.8 Å². The Morgan fingerprint density at radius 3 is 2.37 bits per heavy atom. The van der Waals surface area contributed by atoms with E-state index in [1.165, 1.54) is 35.1 Å². The molecule has 0 amide bonds. The minimum absolute atomic E-state index is 0.307. The molecule has 0 radical (unpaired) electrons. The molecule has 0 aliphatic carbocycles. The van der Waals surface area contributed by atoms with Crippen LogP contribution in [0.1, 0.15) is 10.4 Å².